The average molecular weight is 217 g/mol. The van der Waals surface area contributed by atoms with Crippen molar-refractivity contribution in [1.82, 2.24) is 9.97 Å². The molecule has 0 bridgehead atoms. The van der Waals surface area contributed by atoms with Crippen LogP contribution in [0.4, 0.5) is 0 Å². The van der Waals surface area contributed by atoms with Gasteiger partial charge in [0, 0.05) is 18.7 Å². The van der Waals surface area contributed by atoms with Crippen molar-refractivity contribution in [1.29, 1.82) is 0 Å². The van der Waals surface area contributed by atoms with E-state index in [2.05, 4.69) is 9.97 Å². The van der Waals surface area contributed by atoms with Crippen LogP contribution in [0.5, 0.6) is 0 Å². The van der Waals surface area contributed by atoms with Crippen molar-refractivity contribution in [3.8, 4) is 0 Å². The Morgan fingerprint density at radius 1 is 1.50 bits per heavy atom. The lowest BCUT2D eigenvalue weighted by atomic mass is 10.1. The largest absolute Gasteiger partial charge is 0.423 e. The molecule has 16 heavy (non-hydrogen) atoms. The van der Waals surface area contributed by atoms with E-state index in [1.165, 1.54) is 5.56 Å². The maximum Gasteiger partial charge on any atom is 0.246 e. The summed E-state index contributed by atoms with van der Waals surface area (Å²) in [5, 5.41) is 0. The van der Waals surface area contributed by atoms with Gasteiger partial charge in [0.25, 0.3) is 0 Å². The minimum absolute atomic E-state index is 0.106. The molecule has 0 radical (unpaired) electrons. The highest BCUT2D eigenvalue weighted by atomic mass is 16.4. The predicted octanol–water partition coefficient (Wildman–Crippen LogP) is 1.96. The monoisotopic (exact) mass is 217 g/mol. The van der Waals surface area contributed by atoms with Gasteiger partial charge in [-0.3, -0.25) is 0 Å². The van der Waals surface area contributed by atoms with E-state index in [0.29, 0.717) is 11.6 Å². The molecule has 2 aromatic heterocycles. The van der Waals surface area contributed by atoms with Crippen LogP contribution in [0.2, 0.25) is 0 Å². The third-order valence-electron chi connectivity index (χ3n) is 3.21. The number of nitrogens with zero attached hydrogens (tertiary/aromatic N) is 2. The fourth-order valence-electron chi connectivity index (χ4n) is 1.91. The molecule has 0 aromatic carbocycles. The number of aromatic nitrogens is 2. The zero-order chi connectivity index (χ0) is 11.2. The molecule has 0 atom stereocenters. The smallest absolute Gasteiger partial charge is 0.246 e. The van der Waals surface area contributed by atoms with E-state index >= 15 is 0 Å². The van der Waals surface area contributed by atoms with Gasteiger partial charge in [0.05, 0.1) is 0 Å². The Labute approximate surface area is 93.9 Å². The van der Waals surface area contributed by atoms with Crippen LogP contribution in [-0.4, -0.2) is 15.5 Å². The number of hydrogen-bond donors (Lipinski definition) is 1. The molecule has 4 nitrogen and oxygen atoms in total. The molecule has 0 aliphatic heterocycles. The van der Waals surface area contributed by atoms with Gasteiger partial charge in [0.1, 0.15) is 5.52 Å². The maximum atomic E-state index is 6.06. The molecule has 0 amide bonds. The summed E-state index contributed by atoms with van der Waals surface area (Å²) in [6.45, 7) is 1.83. The Morgan fingerprint density at radius 3 is 3.06 bits per heavy atom. The quantitative estimate of drug-likeness (QED) is 0.853. The lowest BCUT2D eigenvalue weighted by Crippen LogP contribution is -2.22. The van der Waals surface area contributed by atoms with Gasteiger partial charge in [-0.2, -0.15) is 0 Å². The van der Waals surface area contributed by atoms with E-state index in [1.807, 2.05) is 19.2 Å². The molecule has 1 aliphatic rings. The van der Waals surface area contributed by atoms with Crippen LogP contribution in [0.25, 0.3) is 11.2 Å². The summed E-state index contributed by atoms with van der Waals surface area (Å²) >= 11 is 0. The Kier molecular flexibility index (Phi) is 2.01. The van der Waals surface area contributed by atoms with Crippen LogP contribution < -0.4 is 5.73 Å². The lowest BCUT2D eigenvalue weighted by Gasteiger charge is -2.07. The second-order valence-corrected chi connectivity index (χ2v) is 4.76. The van der Waals surface area contributed by atoms with Gasteiger partial charge in [-0.05, 0) is 37.3 Å². The van der Waals surface area contributed by atoms with Crippen molar-refractivity contribution in [2.45, 2.75) is 38.1 Å². The predicted molar refractivity (Wildman–Crippen MR) is 61.0 cm³/mol. The molecule has 0 spiro atoms. The van der Waals surface area contributed by atoms with E-state index in [0.717, 1.165) is 31.2 Å². The molecule has 84 valence electrons. The third kappa shape index (κ3) is 1.80. The molecule has 2 heterocycles. The van der Waals surface area contributed by atoms with Gasteiger partial charge in [0.15, 0.2) is 5.89 Å². The highest BCUT2D eigenvalue weighted by Gasteiger charge is 2.37. The van der Waals surface area contributed by atoms with E-state index in [4.69, 9.17) is 10.2 Å². The molecule has 1 saturated carbocycles. The molecule has 1 fully saturated rings. The zero-order valence-corrected chi connectivity index (χ0v) is 9.36. The summed E-state index contributed by atoms with van der Waals surface area (Å²) in [4.78, 5) is 8.53. The summed E-state index contributed by atoms with van der Waals surface area (Å²) < 4.78 is 5.33. The SMILES string of the molecule is Cc1nc2cc(CCC3(N)CC3)cnc2o1. The van der Waals surface area contributed by atoms with Crippen LogP contribution in [-0.2, 0) is 6.42 Å². The highest BCUT2D eigenvalue weighted by molar-refractivity contribution is 5.68. The van der Waals surface area contributed by atoms with Crippen molar-refractivity contribution in [2.75, 3.05) is 0 Å². The first-order valence-corrected chi connectivity index (χ1v) is 5.66. The summed E-state index contributed by atoms with van der Waals surface area (Å²) in [5.74, 6) is 0.664. The highest BCUT2D eigenvalue weighted by Crippen LogP contribution is 2.36. The number of pyridine rings is 1. The summed E-state index contributed by atoms with van der Waals surface area (Å²) in [6.07, 6.45) is 6.19. The number of hydrogen-bond acceptors (Lipinski definition) is 4. The molecular weight excluding hydrogens is 202 g/mol. The van der Waals surface area contributed by atoms with Gasteiger partial charge >= 0.3 is 0 Å². The van der Waals surface area contributed by atoms with Gasteiger partial charge in [-0.15, -0.1) is 0 Å². The van der Waals surface area contributed by atoms with Gasteiger partial charge < -0.3 is 10.2 Å². The molecule has 4 heteroatoms. The Hall–Kier alpha value is -1.42. The van der Waals surface area contributed by atoms with E-state index in [1.54, 1.807) is 0 Å². The Bertz CT molecular complexity index is 528. The fraction of sp³-hybridized carbons (Fsp3) is 0.500. The summed E-state index contributed by atoms with van der Waals surface area (Å²) in [6, 6.07) is 2.05. The molecule has 2 aromatic rings. The Morgan fingerprint density at radius 2 is 2.31 bits per heavy atom. The first-order chi connectivity index (χ1) is 7.65. The number of aryl methyl sites for hydroxylation is 2. The third-order valence-corrected chi connectivity index (χ3v) is 3.21. The van der Waals surface area contributed by atoms with Gasteiger partial charge in [-0.25, -0.2) is 9.97 Å². The van der Waals surface area contributed by atoms with Crippen molar-refractivity contribution >= 4 is 11.2 Å². The second kappa shape index (κ2) is 3.28. The van der Waals surface area contributed by atoms with Crippen molar-refractivity contribution < 1.29 is 4.42 Å². The first-order valence-electron chi connectivity index (χ1n) is 5.66. The number of oxazole rings is 1. The van der Waals surface area contributed by atoms with E-state index in [-0.39, 0.29) is 5.54 Å². The van der Waals surface area contributed by atoms with Crippen molar-refractivity contribution in [3.05, 3.63) is 23.7 Å². The second-order valence-electron chi connectivity index (χ2n) is 4.76. The molecule has 1 aliphatic carbocycles. The van der Waals surface area contributed by atoms with Crippen molar-refractivity contribution in [2.24, 2.45) is 5.73 Å². The molecule has 2 N–H and O–H groups in total. The number of fused-ring (bicyclic) bond motifs is 1. The maximum absolute atomic E-state index is 6.06. The minimum atomic E-state index is 0.106. The van der Waals surface area contributed by atoms with Gasteiger partial charge in [-0.1, -0.05) is 0 Å². The van der Waals surface area contributed by atoms with Crippen LogP contribution in [0.15, 0.2) is 16.7 Å². The van der Waals surface area contributed by atoms with E-state index in [9.17, 15) is 0 Å². The minimum Gasteiger partial charge on any atom is -0.423 e. The molecule has 0 unspecified atom stereocenters. The first kappa shape index (κ1) is 9.78. The van der Waals surface area contributed by atoms with Crippen LogP contribution in [0, 0.1) is 6.92 Å². The molecule has 3 rings (SSSR count). The average Bonchev–Trinajstić information content (AvgIpc) is 2.87. The number of nitrogens with two attached hydrogens (primary N) is 1. The van der Waals surface area contributed by atoms with Crippen LogP contribution in [0.1, 0.15) is 30.7 Å². The summed E-state index contributed by atoms with van der Waals surface area (Å²) in [5.41, 5.74) is 8.82. The number of rotatable bonds is 3. The normalized spacial score (nSPS) is 17.9. The van der Waals surface area contributed by atoms with Crippen LogP contribution >= 0.6 is 0 Å². The summed E-state index contributed by atoms with van der Waals surface area (Å²) in [7, 11) is 0. The van der Waals surface area contributed by atoms with Crippen molar-refractivity contribution in [3.63, 3.8) is 0 Å². The van der Waals surface area contributed by atoms with Crippen LogP contribution in [0.3, 0.4) is 0 Å². The Balaban J connectivity index is 1.81. The van der Waals surface area contributed by atoms with E-state index < -0.39 is 0 Å². The zero-order valence-electron chi connectivity index (χ0n) is 9.36. The molecule has 0 saturated heterocycles. The molecular formula is C12H15N3O. The fourth-order valence-corrected chi connectivity index (χ4v) is 1.91. The topological polar surface area (TPSA) is 64.9 Å². The lowest BCUT2D eigenvalue weighted by molar-refractivity contribution is 0.551. The standard InChI is InChI=1S/C12H15N3O/c1-8-15-10-6-9(7-14-11(10)16-8)2-3-12(13)4-5-12/h6-7H,2-5,13H2,1H3. The van der Waals surface area contributed by atoms with Gasteiger partial charge in [0.2, 0.25) is 5.71 Å².